The van der Waals surface area contributed by atoms with E-state index < -0.39 is 30.4 Å². The third-order valence-corrected chi connectivity index (χ3v) is 3.46. The fourth-order valence-electron chi connectivity index (χ4n) is 2.39. The van der Waals surface area contributed by atoms with E-state index in [1.165, 1.54) is 7.11 Å². The van der Waals surface area contributed by atoms with E-state index in [0.717, 1.165) is 17.2 Å². The van der Waals surface area contributed by atoms with Crippen molar-refractivity contribution >= 4 is 11.9 Å². The number of methoxy groups -OCH3 is 1. The molecular weight excluding hydrogens is 306 g/mol. The molecule has 8 heteroatoms. The maximum absolute atomic E-state index is 11.5. The van der Waals surface area contributed by atoms with Crippen LogP contribution < -0.4 is 9.47 Å². The second kappa shape index (κ2) is 6.27. The molecular formula is C15H15NO7. The zero-order valence-corrected chi connectivity index (χ0v) is 12.2. The Bertz CT molecular complexity index is 644. The number of para-hydroxylation sites is 2. The van der Waals surface area contributed by atoms with Gasteiger partial charge >= 0.3 is 11.9 Å². The summed E-state index contributed by atoms with van der Waals surface area (Å²) in [7, 11) is 1.50. The van der Waals surface area contributed by atoms with Crippen LogP contribution in [0.1, 0.15) is 0 Å². The maximum Gasteiger partial charge on any atom is 0.350 e. The van der Waals surface area contributed by atoms with Crippen molar-refractivity contribution in [3.05, 3.63) is 36.4 Å². The van der Waals surface area contributed by atoms with E-state index >= 15 is 0 Å². The lowest BCUT2D eigenvalue weighted by molar-refractivity contribution is -0.234. The zero-order chi connectivity index (χ0) is 16.4. The Labute approximate surface area is 131 Å². The van der Waals surface area contributed by atoms with Gasteiger partial charge in [-0.05, 0) is 12.1 Å². The molecule has 3 unspecified atom stereocenters. The molecule has 1 aromatic carbocycles. The van der Waals surface area contributed by atoms with E-state index in [4.69, 9.17) is 19.0 Å². The van der Waals surface area contributed by atoms with Gasteiger partial charge in [-0.2, -0.15) is 0 Å². The van der Waals surface area contributed by atoms with Crippen molar-refractivity contribution in [2.45, 2.75) is 18.4 Å². The van der Waals surface area contributed by atoms with Gasteiger partial charge < -0.3 is 24.2 Å². The van der Waals surface area contributed by atoms with E-state index in [1.807, 2.05) is 0 Å². The summed E-state index contributed by atoms with van der Waals surface area (Å²) < 4.78 is 16.0. The Morgan fingerprint density at radius 2 is 1.87 bits per heavy atom. The van der Waals surface area contributed by atoms with Crippen LogP contribution in [-0.2, 0) is 19.2 Å². The highest BCUT2D eigenvalue weighted by Crippen LogP contribution is 2.31. The number of esters is 1. The van der Waals surface area contributed by atoms with Gasteiger partial charge in [0.1, 0.15) is 12.2 Å². The first kappa shape index (κ1) is 15.3. The number of hydroxylamine groups is 2. The lowest BCUT2D eigenvalue weighted by Crippen LogP contribution is -2.42. The molecule has 2 heterocycles. The summed E-state index contributed by atoms with van der Waals surface area (Å²) in [6.45, 7) is 0.0384. The maximum atomic E-state index is 11.5. The van der Waals surface area contributed by atoms with Crippen molar-refractivity contribution in [3.63, 3.8) is 0 Å². The Morgan fingerprint density at radius 3 is 2.61 bits per heavy atom. The van der Waals surface area contributed by atoms with Crippen LogP contribution in [0.2, 0.25) is 0 Å². The van der Waals surface area contributed by atoms with Crippen LogP contribution in [0.25, 0.3) is 0 Å². The molecule has 2 aliphatic heterocycles. The minimum absolute atomic E-state index is 0.0384. The number of carbonyl (C=O) groups excluding carboxylic acids is 2. The molecule has 0 radical (unpaired) electrons. The van der Waals surface area contributed by atoms with Crippen LogP contribution in [0.3, 0.4) is 0 Å². The van der Waals surface area contributed by atoms with E-state index in [1.54, 1.807) is 24.3 Å². The highest BCUT2D eigenvalue weighted by atomic mass is 16.8. The summed E-state index contributed by atoms with van der Waals surface area (Å²) in [4.78, 5) is 28.0. The minimum Gasteiger partial charge on any atom is -0.493 e. The van der Waals surface area contributed by atoms with Crippen LogP contribution in [0, 0.1) is 0 Å². The first-order valence-corrected chi connectivity index (χ1v) is 6.93. The lowest BCUT2D eigenvalue weighted by atomic mass is 10.2. The van der Waals surface area contributed by atoms with Crippen LogP contribution in [0.4, 0.5) is 0 Å². The fourth-order valence-corrected chi connectivity index (χ4v) is 2.39. The summed E-state index contributed by atoms with van der Waals surface area (Å²) in [6, 6.07) is 6.93. The number of fused-ring (bicyclic) bond motifs is 1. The summed E-state index contributed by atoms with van der Waals surface area (Å²) in [5.74, 6) is -0.551. The average Bonchev–Trinajstić information content (AvgIpc) is 2.80. The minimum atomic E-state index is -1.19. The summed E-state index contributed by atoms with van der Waals surface area (Å²) in [6.07, 6.45) is -1.19. The molecule has 1 fully saturated rings. The number of hydrogen-bond acceptors (Lipinski definition) is 8. The van der Waals surface area contributed by atoms with Gasteiger partial charge in [0.2, 0.25) is 6.23 Å². The molecule has 0 bridgehead atoms. The smallest absolute Gasteiger partial charge is 0.350 e. The van der Waals surface area contributed by atoms with Gasteiger partial charge in [-0.3, -0.25) is 0 Å². The highest BCUT2D eigenvalue weighted by molar-refractivity contribution is 5.92. The van der Waals surface area contributed by atoms with E-state index in [9.17, 15) is 14.7 Å². The quantitative estimate of drug-likeness (QED) is 0.779. The molecule has 122 valence electrons. The largest absolute Gasteiger partial charge is 0.493 e. The van der Waals surface area contributed by atoms with Gasteiger partial charge in [0, 0.05) is 12.2 Å². The third kappa shape index (κ3) is 3.13. The van der Waals surface area contributed by atoms with Gasteiger partial charge in [-0.1, -0.05) is 17.2 Å². The Kier molecular flexibility index (Phi) is 4.18. The molecule has 0 aromatic heterocycles. The molecule has 0 aliphatic carbocycles. The van der Waals surface area contributed by atoms with Crippen molar-refractivity contribution in [2.24, 2.45) is 0 Å². The van der Waals surface area contributed by atoms with Crippen LogP contribution in [-0.4, -0.2) is 54.2 Å². The van der Waals surface area contributed by atoms with Crippen molar-refractivity contribution in [1.29, 1.82) is 0 Å². The second-order valence-electron chi connectivity index (χ2n) is 4.97. The standard InChI is InChI=1S/C15H15NO7/c1-20-9-4-2-3-5-10(9)21-11-8-16-15(14(11)19)22-12(17)6-7-13(18)23-16/h2-7,11,14-15,19H,8H2,1H3/b7-6+. The predicted molar refractivity (Wildman–Crippen MR) is 75.2 cm³/mol. The molecule has 0 spiro atoms. The first-order valence-electron chi connectivity index (χ1n) is 6.93. The summed E-state index contributed by atoms with van der Waals surface area (Å²) in [5.41, 5.74) is 0. The highest BCUT2D eigenvalue weighted by Gasteiger charge is 2.47. The normalized spacial score (nSPS) is 28.9. The Balaban J connectivity index is 1.78. The predicted octanol–water partition coefficient (Wildman–Crippen LogP) is 0.0164. The third-order valence-electron chi connectivity index (χ3n) is 3.46. The first-order chi connectivity index (χ1) is 11.1. The van der Waals surface area contributed by atoms with Crippen molar-refractivity contribution < 1.29 is 33.7 Å². The fraction of sp³-hybridized carbons (Fsp3) is 0.333. The van der Waals surface area contributed by atoms with Gasteiger partial charge in [0.05, 0.1) is 13.7 Å². The van der Waals surface area contributed by atoms with Crippen LogP contribution in [0.5, 0.6) is 11.5 Å². The molecule has 8 nitrogen and oxygen atoms in total. The van der Waals surface area contributed by atoms with Crippen LogP contribution >= 0.6 is 0 Å². The number of rotatable bonds is 3. The number of carbonyl (C=O) groups is 2. The Morgan fingerprint density at radius 1 is 1.17 bits per heavy atom. The van der Waals surface area contributed by atoms with Crippen molar-refractivity contribution in [2.75, 3.05) is 13.7 Å². The summed E-state index contributed by atoms with van der Waals surface area (Å²) in [5, 5.41) is 11.4. The average molecular weight is 321 g/mol. The SMILES string of the molecule is COc1ccccc1OC1CN2OC(=O)/C=C/C(=O)OC2C1O. The molecule has 23 heavy (non-hydrogen) atoms. The number of ether oxygens (including phenoxy) is 3. The topological polar surface area (TPSA) is 94.5 Å². The molecule has 3 atom stereocenters. The molecule has 1 aromatic rings. The molecule has 2 aliphatic rings. The molecule has 3 rings (SSSR count). The number of nitrogens with zero attached hydrogens (tertiary/aromatic N) is 1. The molecule has 0 saturated carbocycles. The Hall–Kier alpha value is -2.58. The van der Waals surface area contributed by atoms with Gasteiger partial charge in [0.25, 0.3) is 0 Å². The van der Waals surface area contributed by atoms with Crippen molar-refractivity contribution in [3.8, 4) is 11.5 Å². The summed E-state index contributed by atoms with van der Waals surface area (Å²) >= 11 is 0. The van der Waals surface area contributed by atoms with Gasteiger partial charge in [0.15, 0.2) is 11.5 Å². The van der Waals surface area contributed by atoms with E-state index in [-0.39, 0.29) is 6.54 Å². The van der Waals surface area contributed by atoms with E-state index in [0.29, 0.717) is 11.5 Å². The zero-order valence-electron chi connectivity index (χ0n) is 12.2. The molecule has 1 saturated heterocycles. The van der Waals surface area contributed by atoms with Crippen LogP contribution in [0.15, 0.2) is 36.4 Å². The number of hydrogen-bond donors (Lipinski definition) is 1. The number of aliphatic hydroxyl groups is 1. The van der Waals surface area contributed by atoms with Crippen molar-refractivity contribution in [1.82, 2.24) is 5.06 Å². The molecule has 0 amide bonds. The number of benzene rings is 1. The number of aliphatic hydroxyl groups excluding tert-OH is 1. The van der Waals surface area contributed by atoms with E-state index in [2.05, 4.69) is 0 Å². The monoisotopic (exact) mass is 321 g/mol. The molecule has 1 N–H and O–H groups in total. The van der Waals surface area contributed by atoms with Gasteiger partial charge in [-0.15, -0.1) is 0 Å². The lowest BCUT2D eigenvalue weighted by Gasteiger charge is -2.24. The van der Waals surface area contributed by atoms with Gasteiger partial charge in [-0.25, -0.2) is 9.59 Å². The second-order valence-corrected chi connectivity index (χ2v) is 4.97.